The van der Waals surface area contributed by atoms with Gasteiger partial charge in [-0.25, -0.2) is 0 Å². The lowest BCUT2D eigenvalue weighted by Gasteiger charge is -2.26. The van der Waals surface area contributed by atoms with Crippen LogP contribution in [0, 0.1) is 5.92 Å². The fraction of sp³-hybridized carbons (Fsp3) is 0.656. The first-order valence-electron chi connectivity index (χ1n) is 18.3. The third kappa shape index (κ3) is 23.2. The molecule has 0 saturated carbocycles. The van der Waals surface area contributed by atoms with E-state index in [1.54, 1.807) is 13.8 Å². The molecule has 0 aliphatic carbocycles. The van der Waals surface area contributed by atoms with Crippen LogP contribution in [-0.4, -0.2) is 139 Å². The average molecular weight is 848 g/mol. The first-order valence-corrected chi connectivity index (χ1v) is 19.0. The molecule has 0 radical (unpaired) electrons. The number of carbonyl (C=O) groups is 9. The van der Waals surface area contributed by atoms with Gasteiger partial charge in [0.25, 0.3) is 0 Å². The zero-order valence-electron chi connectivity index (χ0n) is 32.7. The van der Waals surface area contributed by atoms with Gasteiger partial charge < -0.3 is 53.8 Å². The van der Waals surface area contributed by atoms with Crippen molar-refractivity contribution in [3.8, 4) is 0 Å². The van der Waals surface area contributed by atoms with E-state index >= 15 is 0 Å². The highest BCUT2D eigenvalue weighted by Crippen LogP contribution is 2.09. The Morgan fingerprint density at radius 2 is 1.12 bits per heavy atom. The van der Waals surface area contributed by atoms with Gasteiger partial charge in [-0.3, -0.25) is 76.1 Å². The number of carboxylic acids is 1. The van der Waals surface area contributed by atoms with E-state index < -0.39 is 115 Å². The number of aliphatic carboxylic acids is 1. The van der Waals surface area contributed by atoms with Gasteiger partial charge in [0.15, 0.2) is 0 Å². The lowest BCUT2D eigenvalue weighted by atomic mass is 9.97. The van der Waals surface area contributed by atoms with Crippen molar-refractivity contribution in [3.05, 3.63) is 0 Å². The Morgan fingerprint density at radius 3 is 1.64 bits per heavy atom. The molecule has 0 aromatic rings. The summed E-state index contributed by atoms with van der Waals surface area (Å²) >= 11 is 3.92. The molecule has 8 amide bonds. The SMILES string of the molecule is CC[C@@H](C)[C@@H](NC(=O)[C@@H](CCC[NH+]=C(N)N)NC(=O)CNC(=O)[C@@H](CCC(=O)O)NC(=O)[C@H](N)CCC[NH+]=C(N)N)C(=O)NCC(=O)NCC(=O)N[C@@H](CS)C(N)=O. The van der Waals surface area contributed by atoms with Crippen molar-refractivity contribution >= 4 is 77.8 Å². The van der Waals surface area contributed by atoms with Crippen LogP contribution in [0.5, 0.6) is 0 Å². The molecule has 6 atom stereocenters. The molecular weight excluding hydrogens is 787 g/mol. The maximum atomic E-state index is 13.6. The van der Waals surface area contributed by atoms with Crippen LogP contribution in [0.2, 0.25) is 0 Å². The van der Waals surface area contributed by atoms with Crippen molar-refractivity contribution in [2.45, 2.75) is 89.0 Å². The van der Waals surface area contributed by atoms with E-state index in [0.29, 0.717) is 19.4 Å². The molecule has 58 heavy (non-hydrogen) atoms. The standard InChI is InChI=1S/C32H59N15O10S/c1-3-16(2)25(30(57)43-12-21(48)41-13-22(49)45-20(15-58)26(34)53)47-29(56)18(7-5-11-40-32(37)38)44-23(50)14-42-28(55)19(8-9-24(51)52)46-27(54)17(33)6-4-10-39-31(35)36/h16-20,25,58H,3-15,33H2,1-2H3,(H2,34,53)(H,41,48)(H,42,55)(H,43,57)(H,44,50)(H,45,49)(H,46,54)(H,47,56)(H,51,52)(H4,35,36,39)(H4,37,38,40)/p+2/t16-,17-,18-,19-,20+,25-/m1/s1. The van der Waals surface area contributed by atoms with Gasteiger partial charge in [-0.15, -0.1) is 0 Å². The quantitative estimate of drug-likeness (QED) is 0.0144. The molecule has 0 fully saturated rings. The lowest BCUT2D eigenvalue weighted by Crippen LogP contribution is -2.78. The number of amides is 8. The molecule has 25 nitrogen and oxygen atoms in total. The number of thiol groups is 1. The maximum absolute atomic E-state index is 13.6. The van der Waals surface area contributed by atoms with E-state index in [1.165, 1.54) is 0 Å². The van der Waals surface area contributed by atoms with Gasteiger partial charge in [0.2, 0.25) is 47.3 Å². The molecule has 0 unspecified atom stereocenters. The van der Waals surface area contributed by atoms with E-state index in [-0.39, 0.29) is 49.9 Å². The molecule has 0 aliphatic heterocycles. The number of guanidine groups is 2. The second-order valence-corrected chi connectivity index (χ2v) is 13.4. The zero-order chi connectivity index (χ0) is 44.4. The van der Waals surface area contributed by atoms with Crippen molar-refractivity contribution in [1.82, 2.24) is 37.2 Å². The summed E-state index contributed by atoms with van der Waals surface area (Å²) in [5.41, 5.74) is 32.6. The molecule has 0 heterocycles. The van der Waals surface area contributed by atoms with E-state index in [1.807, 2.05) is 0 Å². The van der Waals surface area contributed by atoms with E-state index in [4.69, 9.17) is 39.5 Å². The Balaban J connectivity index is 5.68. The van der Waals surface area contributed by atoms with E-state index in [2.05, 4.69) is 59.8 Å². The summed E-state index contributed by atoms with van der Waals surface area (Å²) in [6.45, 7) is 2.13. The van der Waals surface area contributed by atoms with E-state index in [0.717, 1.165) is 0 Å². The molecule has 0 aromatic carbocycles. The van der Waals surface area contributed by atoms with Crippen LogP contribution in [0.25, 0.3) is 0 Å². The van der Waals surface area contributed by atoms with Gasteiger partial charge in [-0.1, -0.05) is 20.3 Å². The Hall–Kier alpha value is -5.92. The zero-order valence-corrected chi connectivity index (χ0v) is 33.6. The number of nitrogens with one attached hydrogen (secondary N) is 9. The smallest absolute Gasteiger partial charge is 0.338 e. The number of carbonyl (C=O) groups excluding carboxylic acids is 8. The third-order valence-electron chi connectivity index (χ3n) is 8.23. The minimum atomic E-state index is -1.38. The predicted octanol–water partition coefficient (Wildman–Crippen LogP) is -10.8. The monoisotopic (exact) mass is 847 g/mol. The third-order valence-corrected chi connectivity index (χ3v) is 8.60. The van der Waals surface area contributed by atoms with E-state index in [9.17, 15) is 43.2 Å². The van der Waals surface area contributed by atoms with Gasteiger partial charge in [0.05, 0.1) is 38.8 Å². The van der Waals surface area contributed by atoms with Crippen LogP contribution in [0.3, 0.4) is 0 Å². The molecule has 26 heteroatoms. The number of rotatable bonds is 29. The molecule has 0 saturated heterocycles. The summed E-state index contributed by atoms with van der Waals surface area (Å²) in [6, 6.07) is -5.96. The first kappa shape index (κ1) is 52.1. The fourth-order valence-electron chi connectivity index (χ4n) is 4.77. The number of carboxylic acid groups (broad SMARTS) is 1. The molecule has 0 rings (SSSR count). The summed E-state index contributed by atoms with van der Waals surface area (Å²) in [4.78, 5) is 118. The number of hydrogen-bond acceptors (Lipinski definition) is 11. The Morgan fingerprint density at radius 1 is 0.621 bits per heavy atom. The summed E-state index contributed by atoms with van der Waals surface area (Å²) < 4.78 is 0. The molecule has 0 aromatic heterocycles. The van der Waals surface area contributed by atoms with Gasteiger partial charge in [0.1, 0.15) is 24.2 Å². The minimum absolute atomic E-state index is 0.00441. The molecule has 0 aliphatic rings. The molecule has 0 spiro atoms. The average Bonchev–Trinajstić information content (AvgIpc) is 3.16. The van der Waals surface area contributed by atoms with Gasteiger partial charge in [-0.2, -0.15) is 12.6 Å². The molecule has 328 valence electrons. The highest BCUT2D eigenvalue weighted by molar-refractivity contribution is 7.80. The summed E-state index contributed by atoms with van der Waals surface area (Å²) in [5.74, 6) is -8.21. The topological polar surface area (TPSA) is 442 Å². The normalized spacial score (nSPS) is 13.7. The van der Waals surface area contributed by atoms with Crippen LogP contribution in [0.1, 0.15) is 58.8 Å². The highest BCUT2D eigenvalue weighted by Gasteiger charge is 2.31. The van der Waals surface area contributed by atoms with Gasteiger partial charge >= 0.3 is 17.9 Å². The predicted molar refractivity (Wildman–Crippen MR) is 211 cm³/mol. The number of hydrogen-bond donors (Lipinski definition) is 17. The Kier molecular flexibility index (Phi) is 25.6. The van der Waals surface area contributed by atoms with Crippen LogP contribution in [0.15, 0.2) is 0 Å². The maximum Gasteiger partial charge on any atom is 0.338 e. The van der Waals surface area contributed by atoms with Crippen molar-refractivity contribution < 1.29 is 58.2 Å². The van der Waals surface area contributed by atoms with Crippen molar-refractivity contribution in [2.75, 3.05) is 38.5 Å². The first-order chi connectivity index (χ1) is 27.2. The largest absolute Gasteiger partial charge is 0.481 e. The molecule has 22 N–H and O–H groups in total. The minimum Gasteiger partial charge on any atom is -0.481 e. The van der Waals surface area contributed by atoms with Crippen LogP contribution in [0.4, 0.5) is 0 Å². The molecule has 0 bridgehead atoms. The number of primary amides is 1. The lowest BCUT2D eigenvalue weighted by molar-refractivity contribution is -0.460. The van der Waals surface area contributed by atoms with Gasteiger partial charge in [-0.05, 0) is 38.0 Å². The summed E-state index contributed by atoms with van der Waals surface area (Å²) in [7, 11) is 0. The van der Waals surface area contributed by atoms with Gasteiger partial charge in [0, 0.05) is 12.2 Å². The second-order valence-electron chi connectivity index (χ2n) is 13.1. The molecular formula is C32H61N15O10S+2. The van der Waals surface area contributed by atoms with Crippen molar-refractivity contribution in [1.29, 1.82) is 0 Å². The summed E-state index contributed by atoms with van der Waals surface area (Å²) in [5, 5.41) is 25.9. The summed E-state index contributed by atoms with van der Waals surface area (Å²) in [6.07, 6.45) is 0.367. The highest BCUT2D eigenvalue weighted by atomic mass is 32.1. The van der Waals surface area contributed by atoms with Crippen LogP contribution < -0.4 is 81.6 Å². The van der Waals surface area contributed by atoms with Crippen molar-refractivity contribution in [3.63, 3.8) is 0 Å². The fourth-order valence-corrected chi connectivity index (χ4v) is 5.04. The van der Waals surface area contributed by atoms with Crippen LogP contribution in [-0.2, 0) is 43.2 Å². The Bertz CT molecular complexity index is 1490. The Labute approximate surface area is 340 Å². The second kappa shape index (κ2) is 28.5. The number of nitrogens with two attached hydrogens (primary N) is 6. The van der Waals surface area contributed by atoms with Crippen molar-refractivity contribution in [2.24, 2.45) is 40.3 Å². The van der Waals surface area contributed by atoms with Crippen LogP contribution >= 0.6 is 12.6 Å².